The number of rotatable bonds is 7. The molecule has 2 aromatic rings. The van der Waals surface area contributed by atoms with Crippen LogP contribution >= 0.6 is 11.7 Å². The lowest BCUT2D eigenvalue weighted by molar-refractivity contribution is 0.103. The van der Waals surface area contributed by atoms with Gasteiger partial charge in [0.05, 0.1) is 24.0 Å². The number of aliphatic hydroxyl groups excluding tert-OH is 1. The van der Waals surface area contributed by atoms with Crippen molar-refractivity contribution >= 4 is 11.7 Å². The van der Waals surface area contributed by atoms with Crippen molar-refractivity contribution in [3.05, 3.63) is 23.7 Å². The van der Waals surface area contributed by atoms with E-state index >= 15 is 0 Å². The van der Waals surface area contributed by atoms with E-state index in [9.17, 15) is 5.11 Å². The van der Waals surface area contributed by atoms with Gasteiger partial charge in [0.25, 0.3) is 0 Å². The fourth-order valence-corrected chi connectivity index (χ4v) is 1.69. The molecule has 0 aliphatic carbocycles. The topological polar surface area (TPSA) is 93.3 Å². The van der Waals surface area contributed by atoms with Gasteiger partial charge in [0.15, 0.2) is 5.76 Å². The molecule has 0 fully saturated rings. The minimum atomic E-state index is -0.615. The zero-order valence-corrected chi connectivity index (χ0v) is 10.7. The molecule has 98 valence electrons. The molecule has 2 heterocycles. The third-order valence-electron chi connectivity index (χ3n) is 2.12. The average molecular weight is 270 g/mol. The zero-order valence-electron chi connectivity index (χ0n) is 9.87. The van der Waals surface area contributed by atoms with E-state index in [4.69, 9.17) is 9.26 Å². The molecule has 0 saturated heterocycles. The van der Waals surface area contributed by atoms with Crippen molar-refractivity contribution in [1.29, 1.82) is 0 Å². The number of aliphatic hydroxyl groups is 1. The number of hydrogen-bond donors (Lipinski definition) is 2. The van der Waals surface area contributed by atoms with Crippen molar-refractivity contribution < 1.29 is 14.4 Å². The van der Waals surface area contributed by atoms with Crippen LogP contribution in [0.2, 0.25) is 0 Å². The van der Waals surface area contributed by atoms with Crippen molar-refractivity contribution in [2.75, 3.05) is 13.2 Å². The highest BCUT2D eigenvalue weighted by molar-refractivity contribution is 6.99. The van der Waals surface area contributed by atoms with E-state index < -0.39 is 6.10 Å². The maximum atomic E-state index is 9.65. The van der Waals surface area contributed by atoms with E-state index in [1.807, 2.05) is 13.0 Å². The Morgan fingerprint density at radius 2 is 2.50 bits per heavy atom. The summed E-state index contributed by atoms with van der Waals surface area (Å²) in [6, 6.07) is 1.84. The lowest BCUT2D eigenvalue weighted by Gasteiger charge is -2.10. The Hall–Kier alpha value is -1.51. The first-order valence-electron chi connectivity index (χ1n) is 5.45. The van der Waals surface area contributed by atoms with E-state index in [-0.39, 0.29) is 6.61 Å². The first kappa shape index (κ1) is 12.9. The minimum Gasteiger partial charge on any atom is -0.473 e. The van der Waals surface area contributed by atoms with Gasteiger partial charge in [-0.25, -0.2) is 0 Å². The van der Waals surface area contributed by atoms with Gasteiger partial charge in [0.2, 0.25) is 5.88 Å². The minimum absolute atomic E-state index is 0.174. The summed E-state index contributed by atoms with van der Waals surface area (Å²) in [6.07, 6.45) is 0.901. The monoisotopic (exact) mass is 270 g/mol. The van der Waals surface area contributed by atoms with Crippen molar-refractivity contribution in [3.8, 4) is 5.88 Å². The van der Waals surface area contributed by atoms with Crippen molar-refractivity contribution in [3.63, 3.8) is 0 Å². The van der Waals surface area contributed by atoms with Crippen LogP contribution < -0.4 is 10.1 Å². The summed E-state index contributed by atoms with van der Waals surface area (Å²) in [4.78, 5) is 0. The maximum absolute atomic E-state index is 9.65. The van der Waals surface area contributed by atoms with Crippen LogP contribution in [0.1, 0.15) is 11.5 Å². The Balaban J connectivity index is 1.61. The quantitative estimate of drug-likeness (QED) is 0.750. The lowest BCUT2D eigenvalue weighted by atomic mass is 10.3. The van der Waals surface area contributed by atoms with Gasteiger partial charge in [-0.05, 0) is 6.92 Å². The highest BCUT2D eigenvalue weighted by Crippen LogP contribution is 2.05. The summed E-state index contributed by atoms with van der Waals surface area (Å²) in [6.45, 7) is 2.96. The average Bonchev–Trinajstić information content (AvgIpc) is 2.98. The number of nitrogens with one attached hydrogen (secondary N) is 1. The molecule has 0 radical (unpaired) electrons. The first-order chi connectivity index (χ1) is 8.74. The van der Waals surface area contributed by atoms with Gasteiger partial charge in [-0.15, -0.1) is 4.37 Å². The zero-order chi connectivity index (χ0) is 12.8. The molecule has 0 bridgehead atoms. The summed E-state index contributed by atoms with van der Waals surface area (Å²) < 4.78 is 17.9. The molecule has 0 aliphatic heterocycles. The summed E-state index contributed by atoms with van der Waals surface area (Å²) in [5, 5.41) is 16.5. The maximum Gasteiger partial charge on any atom is 0.245 e. The number of aryl methyl sites for hydroxylation is 1. The van der Waals surface area contributed by atoms with E-state index in [1.165, 1.54) is 6.20 Å². The van der Waals surface area contributed by atoms with Crippen molar-refractivity contribution in [2.45, 2.75) is 19.6 Å². The molecule has 0 spiro atoms. The molecular formula is C10H14N4O3S. The van der Waals surface area contributed by atoms with Crippen LogP contribution in [0.3, 0.4) is 0 Å². The van der Waals surface area contributed by atoms with Gasteiger partial charge in [-0.3, -0.25) is 0 Å². The standard InChI is InChI=1S/C10H14N4O3S/c1-7-2-9(17-13-7)4-11-3-8(15)6-16-10-5-12-18-14-10/h2,5,8,11,15H,3-4,6H2,1H3. The second kappa shape index (κ2) is 6.43. The van der Waals surface area contributed by atoms with Gasteiger partial charge in [-0.1, -0.05) is 5.16 Å². The van der Waals surface area contributed by atoms with Crippen molar-refractivity contribution in [1.82, 2.24) is 19.2 Å². The second-order valence-corrected chi connectivity index (χ2v) is 4.33. The molecule has 2 N–H and O–H groups in total. The number of hydrogen-bond acceptors (Lipinski definition) is 8. The van der Waals surface area contributed by atoms with E-state index in [1.54, 1.807) is 0 Å². The molecule has 0 aromatic carbocycles. The summed E-state index contributed by atoms with van der Waals surface area (Å²) in [7, 11) is 0. The Morgan fingerprint density at radius 3 is 3.17 bits per heavy atom. The van der Waals surface area contributed by atoms with Gasteiger partial charge >= 0.3 is 0 Å². The predicted octanol–water partition coefficient (Wildman–Crippen LogP) is 0.364. The van der Waals surface area contributed by atoms with Crippen LogP contribution in [-0.4, -0.2) is 38.3 Å². The number of aromatic nitrogens is 3. The molecule has 7 nitrogen and oxygen atoms in total. The van der Waals surface area contributed by atoms with Gasteiger partial charge in [0.1, 0.15) is 18.9 Å². The summed E-state index contributed by atoms with van der Waals surface area (Å²) >= 11 is 1.07. The van der Waals surface area contributed by atoms with Crippen LogP contribution in [0, 0.1) is 6.92 Å². The molecule has 2 rings (SSSR count). The Morgan fingerprint density at radius 1 is 1.61 bits per heavy atom. The normalized spacial score (nSPS) is 12.6. The Labute approximate surface area is 108 Å². The van der Waals surface area contributed by atoms with E-state index in [0.717, 1.165) is 23.2 Å². The molecule has 0 aliphatic rings. The fraction of sp³-hybridized carbons (Fsp3) is 0.500. The largest absolute Gasteiger partial charge is 0.473 e. The molecule has 8 heteroatoms. The smallest absolute Gasteiger partial charge is 0.245 e. The molecule has 18 heavy (non-hydrogen) atoms. The highest BCUT2D eigenvalue weighted by Gasteiger charge is 2.07. The van der Waals surface area contributed by atoms with Crippen LogP contribution in [0.25, 0.3) is 0 Å². The highest BCUT2D eigenvalue weighted by atomic mass is 32.1. The predicted molar refractivity (Wildman–Crippen MR) is 64.4 cm³/mol. The third kappa shape index (κ3) is 4.06. The van der Waals surface area contributed by atoms with Crippen LogP contribution in [0.4, 0.5) is 0 Å². The van der Waals surface area contributed by atoms with Crippen molar-refractivity contribution in [2.24, 2.45) is 0 Å². The molecule has 2 aromatic heterocycles. The van der Waals surface area contributed by atoms with Crippen LogP contribution in [0.5, 0.6) is 5.88 Å². The van der Waals surface area contributed by atoms with Gasteiger partial charge in [-0.2, -0.15) is 4.37 Å². The number of nitrogens with zero attached hydrogens (tertiary/aromatic N) is 3. The van der Waals surface area contributed by atoms with Gasteiger partial charge < -0.3 is 19.7 Å². The summed E-state index contributed by atoms with van der Waals surface area (Å²) in [5.74, 6) is 1.18. The van der Waals surface area contributed by atoms with E-state index in [2.05, 4.69) is 19.2 Å². The van der Waals surface area contributed by atoms with E-state index in [0.29, 0.717) is 19.0 Å². The Kier molecular flexibility index (Phi) is 4.62. The fourth-order valence-electron chi connectivity index (χ4n) is 1.32. The lowest BCUT2D eigenvalue weighted by Crippen LogP contribution is -2.31. The number of ether oxygens (including phenoxy) is 1. The van der Waals surface area contributed by atoms with Crippen LogP contribution in [0.15, 0.2) is 16.8 Å². The molecule has 1 atom stereocenters. The molecule has 0 amide bonds. The first-order valence-corrected chi connectivity index (χ1v) is 6.18. The molecule has 0 saturated carbocycles. The SMILES string of the molecule is Cc1cc(CNCC(O)COc2cnsn2)on1. The Bertz CT molecular complexity index is 459. The summed E-state index contributed by atoms with van der Waals surface area (Å²) in [5.41, 5.74) is 0.840. The second-order valence-electron chi connectivity index (χ2n) is 3.78. The molecular weight excluding hydrogens is 256 g/mol. The molecule has 1 unspecified atom stereocenters. The van der Waals surface area contributed by atoms with Crippen LogP contribution in [-0.2, 0) is 6.54 Å². The van der Waals surface area contributed by atoms with Gasteiger partial charge in [0, 0.05) is 12.6 Å². The third-order valence-corrected chi connectivity index (χ3v) is 2.58.